The summed E-state index contributed by atoms with van der Waals surface area (Å²) in [6, 6.07) is 4.05. The maximum Gasteiger partial charge on any atom is 0.157 e. The van der Waals surface area contributed by atoms with E-state index in [0.717, 1.165) is 11.7 Å². The summed E-state index contributed by atoms with van der Waals surface area (Å²) in [7, 11) is 0. The molecule has 0 bridgehead atoms. The van der Waals surface area contributed by atoms with Gasteiger partial charge in [0.25, 0.3) is 0 Å². The maximum atomic E-state index is 4.65. The minimum Gasteiger partial charge on any atom is -0.359 e. The molecule has 0 aromatic carbocycles. The first kappa shape index (κ1) is 11.1. The molecule has 17 heavy (non-hydrogen) atoms. The van der Waals surface area contributed by atoms with E-state index in [1.54, 1.807) is 0 Å². The van der Waals surface area contributed by atoms with Crippen LogP contribution >= 0.6 is 11.8 Å². The minimum absolute atomic E-state index is 0.377. The van der Waals surface area contributed by atoms with Gasteiger partial charge in [-0.3, -0.25) is 9.98 Å². The molecule has 0 radical (unpaired) electrons. The average Bonchev–Trinajstić information content (AvgIpc) is 2.99. The van der Waals surface area contributed by atoms with Crippen molar-refractivity contribution in [2.75, 3.05) is 5.75 Å². The van der Waals surface area contributed by atoms with E-state index in [-0.39, 0.29) is 0 Å². The van der Waals surface area contributed by atoms with E-state index >= 15 is 0 Å². The van der Waals surface area contributed by atoms with Gasteiger partial charge < -0.3 is 5.32 Å². The molecule has 1 saturated carbocycles. The van der Waals surface area contributed by atoms with Crippen LogP contribution in [0, 0.1) is 0 Å². The Morgan fingerprint density at radius 2 is 2.06 bits per heavy atom. The van der Waals surface area contributed by atoms with Crippen LogP contribution in [0.5, 0.6) is 0 Å². The van der Waals surface area contributed by atoms with Gasteiger partial charge in [0.1, 0.15) is 0 Å². The second kappa shape index (κ2) is 4.69. The summed E-state index contributed by atoms with van der Waals surface area (Å²) in [5.74, 6) is 1.20. The summed E-state index contributed by atoms with van der Waals surface area (Å²) < 4.78 is 0. The van der Waals surface area contributed by atoms with E-state index in [2.05, 4.69) is 15.3 Å². The minimum atomic E-state index is 0.377. The van der Waals surface area contributed by atoms with Crippen molar-refractivity contribution in [3.8, 4) is 0 Å². The number of hydrogen-bond acceptors (Lipinski definition) is 3. The molecule has 1 aliphatic heterocycles. The fourth-order valence-corrected chi connectivity index (χ4v) is 3.78. The van der Waals surface area contributed by atoms with Gasteiger partial charge in [0, 0.05) is 23.7 Å². The van der Waals surface area contributed by atoms with Crippen molar-refractivity contribution in [1.82, 2.24) is 10.3 Å². The van der Waals surface area contributed by atoms with Crippen molar-refractivity contribution >= 4 is 16.9 Å². The number of aliphatic imine (C=N–C) groups is 1. The second-order valence-corrected chi connectivity index (χ2v) is 5.84. The molecular formula is C13H17N3S. The van der Waals surface area contributed by atoms with Crippen molar-refractivity contribution in [2.24, 2.45) is 4.99 Å². The Morgan fingerprint density at radius 1 is 1.29 bits per heavy atom. The van der Waals surface area contributed by atoms with Gasteiger partial charge in [0.2, 0.25) is 0 Å². The van der Waals surface area contributed by atoms with Gasteiger partial charge in [-0.1, -0.05) is 24.6 Å². The quantitative estimate of drug-likeness (QED) is 0.873. The zero-order valence-corrected chi connectivity index (χ0v) is 10.7. The third-order valence-electron chi connectivity index (χ3n) is 3.57. The van der Waals surface area contributed by atoms with Gasteiger partial charge in [0.05, 0.1) is 6.54 Å². The van der Waals surface area contributed by atoms with Crippen LogP contribution < -0.4 is 5.32 Å². The van der Waals surface area contributed by atoms with Crippen LogP contribution in [0.25, 0.3) is 0 Å². The summed E-state index contributed by atoms with van der Waals surface area (Å²) >= 11 is 1.88. The SMILES string of the molecule is c1cc(CN=C2NC3(CCCC3)CS2)ccn1. The number of rotatable bonds is 2. The smallest absolute Gasteiger partial charge is 0.157 e. The van der Waals surface area contributed by atoms with Crippen molar-refractivity contribution in [3.05, 3.63) is 30.1 Å². The monoisotopic (exact) mass is 247 g/mol. The lowest BCUT2D eigenvalue weighted by molar-refractivity contribution is 0.452. The normalized spacial score (nSPS) is 24.4. The molecule has 3 rings (SSSR count). The van der Waals surface area contributed by atoms with Gasteiger partial charge in [-0.25, -0.2) is 0 Å². The van der Waals surface area contributed by atoms with Gasteiger partial charge in [-0.15, -0.1) is 0 Å². The van der Waals surface area contributed by atoms with Gasteiger partial charge in [-0.05, 0) is 30.5 Å². The van der Waals surface area contributed by atoms with Crippen LogP contribution in [-0.2, 0) is 6.54 Å². The topological polar surface area (TPSA) is 37.3 Å². The van der Waals surface area contributed by atoms with E-state index in [4.69, 9.17) is 0 Å². The summed E-state index contributed by atoms with van der Waals surface area (Å²) in [6.45, 7) is 0.758. The Balaban J connectivity index is 1.63. The van der Waals surface area contributed by atoms with Gasteiger partial charge in [0.15, 0.2) is 5.17 Å². The molecule has 1 spiro atoms. The number of hydrogen-bond donors (Lipinski definition) is 1. The highest BCUT2D eigenvalue weighted by atomic mass is 32.2. The van der Waals surface area contributed by atoms with E-state index in [0.29, 0.717) is 5.54 Å². The summed E-state index contributed by atoms with van der Waals surface area (Å²) in [5, 5.41) is 4.76. The first-order valence-corrected chi connectivity index (χ1v) is 7.19. The number of pyridine rings is 1. The molecule has 2 fully saturated rings. The predicted molar refractivity (Wildman–Crippen MR) is 72.2 cm³/mol. The molecule has 0 unspecified atom stereocenters. The van der Waals surface area contributed by atoms with Crippen LogP contribution in [-0.4, -0.2) is 21.4 Å². The molecule has 1 aromatic rings. The molecule has 2 heterocycles. The Hall–Kier alpha value is -1.03. The summed E-state index contributed by atoms with van der Waals surface area (Å²) in [4.78, 5) is 8.67. The zero-order valence-electron chi connectivity index (χ0n) is 9.85. The number of nitrogens with zero attached hydrogens (tertiary/aromatic N) is 2. The van der Waals surface area contributed by atoms with Crippen LogP contribution in [0.1, 0.15) is 31.2 Å². The Labute approximate surface area is 106 Å². The summed E-state index contributed by atoms with van der Waals surface area (Å²) in [5.41, 5.74) is 1.60. The third kappa shape index (κ3) is 2.46. The molecule has 90 valence electrons. The fraction of sp³-hybridized carbons (Fsp3) is 0.538. The van der Waals surface area contributed by atoms with Crippen molar-refractivity contribution in [2.45, 2.75) is 37.8 Å². The molecule has 1 N–H and O–H groups in total. The van der Waals surface area contributed by atoms with Crippen LogP contribution in [0.4, 0.5) is 0 Å². The summed E-state index contributed by atoms with van der Waals surface area (Å²) in [6.07, 6.45) is 9.01. The zero-order chi connectivity index (χ0) is 11.6. The lowest BCUT2D eigenvalue weighted by Crippen LogP contribution is -2.40. The number of amidine groups is 1. The molecule has 2 aliphatic rings. The van der Waals surface area contributed by atoms with Gasteiger partial charge in [-0.2, -0.15) is 0 Å². The van der Waals surface area contributed by atoms with E-state index in [9.17, 15) is 0 Å². The van der Waals surface area contributed by atoms with Crippen LogP contribution in [0.2, 0.25) is 0 Å². The number of aromatic nitrogens is 1. The number of nitrogens with one attached hydrogen (secondary N) is 1. The van der Waals surface area contributed by atoms with Crippen molar-refractivity contribution < 1.29 is 0 Å². The molecule has 1 saturated heterocycles. The third-order valence-corrected chi connectivity index (χ3v) is 4.77. The highest BCUT2D eigenvalue weighted by Crippen LogP contribution is 2.37. The fourth-order valence-electron chi connectivity index (χ4n) is 2.56. The molecule has 0 amide bonds. The lowest BCUT2D eigenvalue weighted by Gasteiger charge is -2.21. The first-order chi connectivity index (χ1) is 8.36. The van der Waals surface area contributed by atoms with Crippen LogP contribution in [0.3, 0.4) is 0 Å². The molecule has 0 atom stereocenters. The van der Waals surface area contributed by atoms with Crippen molar-refractivity contribution in [3.63, 3.8) is 0 Å². The molecule has 1 aliphatic carbocycles. The highest BCUT2D eigenvalue weighted by molar-refractivity contribution is 8.14. The number of thioether (sulfide) groups is 1. The first-order valence-electron chi connectivity index (χ1n) is 6.21. The molecular weight excluding hydrogens is 230 g/mol. The van der Waals surface area contributed by atoms with E-state index in [1.165, 1.54) is 37.0 Å². The Kier molecular flexibility index (Phi) is 3.05. The molecule has 3 nitrogen and oxygen atoms in total. The average molecular weight is 247 g/mol. The second-order valence-electron chi connectivity index (χ2n) is 4.88. The molecule has 1 aromatic heterocycles. The Bertz CT molecular complexity index is 410. The largest absolute Gasteiger partial charge is 0.359 e. The highest BCUT2D eigenvalue weighted by Gasteiger charge is 2.39. The standard InChI is InChI=1S/C13H17N3S/c1-2-6-13(5-1)10-17-12(16-13)15-9-11-3-7-14-8-4-11/h3-4,7-8H,1-2,5-6,9-10H2,(H,15,16). The Morgan fingerprint density at radius 3 is 2.82 bits per heavy atom. The van der Waals surface area contributed by atoms with Crippen molar-refractivity contribution in [1.29, 1.82) is 0 Å². The predicted octanol–water partition coefficient (Wildman–Crippen LogP) is 2.59. The van der Waals surface area contributed by atoms with E-state index in [1.807, 2.05) is 36.3 Å². The molecule has 4 heteroatoms. The maximum absolute atomic E-state index is 4.65. The van der Waals surface area contributed by atoms with Gasteiger partial charge >= 0.3 is 0 Å². The van der Waals surface area contributed by atoms with Crippen LogP contribution in [0.15, 0.2) is 29.5 Å². The lowest BCUT2D eigenvalue weighted by atomic mass is 10.0. The van der Waals surface area contributed by atoms with E-state index < -0.39 is 0 Å².